The summed E-state index contributed by atoms with van der Waals surface area (Å²) < 4.78 is 3.72. The van der Waals surface area contributed by atoms with E-state index in [1.807, 2.05) is 43.1 Å². The van der Waals surface area contributed by atoms with Crippen LogP contribution in [0.1, 0.15) is 17.4 Å². The topological polar surface area (TPSA) is 61.7 Å². The molecule has 6 heteroatoms. The monoisotopic (exact) mass is 275 g/mol. The lowest BCUT2D eigenvalue weighted by Gasteiger charge is -2.09. The smallest absolute Gasteiger partial charge is 0.131 e. The van der Waals surface area contributed by atoms with Gasteiger partial charge in [-0.15, -0.1) is 0 Å². The van der Waals surface area contributed by atoms with E-state index >= 15 is 0 Å². The molecule has 1 aromatic carbocycles. The van der Waals surface area contributed by atoms with Crippen molar-refractivity contribution in [1.82, 2.24) is 19.3 Å². The molecule has 0 bridgehead atoms. The third-order valence-corrected chi connectivity index (χ3v) is 3.47. The first-order valence-corrected chi connectivity index (χ1v) is 6.30. The van der Waals surface area contributed by atoms with E-state index in [0.717, 1.165) is 22.4 Å². The lowest BCUT2D eigenvalue weighted by molar-refractivity contribution is 0.724. The molecule has 2 aromatic heterocycles. The maximum absolute atomic E-state index is 6.26. The molecule has 3 aromatic rings. The van der Waals surface area contributed by atoms with Gasteiger partial charge >= 0.3 is 0 Å². The van der Waals surface area contributed by atoms with Gasteiger partial charge in [-0.05, 0) is 18.2 Å². The molecule has 0 saturated heterocycles. The van der Waals surface area contributed by atoms with Crippen LogP contribution in [-0.2, 0) is 14.1 Å². The van der Waals surface area contributed by atoms with Crippen molar-refractivity contribution < 1.29 is 0 Å². The van der Waals surface area contributed by atoms with Gasteiger partial charge in [0, 0.05) is 30.9 Å². The van der Waals surface area contributed by atoms with Gasteiger partial charge in [0.1, 0.15) is 5.82 Å². The first-order chi connectivity index (χ1) is 9.06. The molecular weight excluding hydrogens is 262 g/mol. The number of hydrogen-bond acceptors (Lipinski definition) is 3. The molecule has 0 aliphatic rings. The minimum absolute atomic E-state index is 0.301. The molecule has 0 fully saturated rings. The van der Waals surface area contributed by atoms with Gasteiger partial charge in [0.2, 0.25) is 0 Å². The molecule has 98 valence electrons. The molecule has 2 heterocycles. The number of nitrogens with two attached hydrogens (primary N) is 1. The summed E-state index contributed by atoms with van der Waals surface area (Å²) >= 11 is 5.99. The third-order valence-electron chi connectivity index (χ3n) is 3.24. The Balaban J connectivity index is 2.12. The third kappa shape index (κ3) is 2.01. The molecule has 0 saturated carbocycles. The SMILES string of the molecule is Cn1cc(C(N)c2nc3cc(Cl)ccc3n2C)cn1. The summed E-state index contributed by atoms with van der Waals surface area (Å²) in [5.41, 5.74) is 9.06. The van der Waals surface area contributed by atoms with E-state index in [1.165, 1.54) is 0 Å². The number of benzene rings is 1. The number of rotatable bonds is 2. The van der Waals surface area contributed by atoms with Crippen LogP contribution < -0.4 is 5.73 Å². The van der Waals surface area contributed by atoms with E-state index in [-0.39, 0.29) is 6.04 Å². The van der Waals surface area contributed by atoms with Crippen LogP contribution in [0.15, 0.2) is 30.6 Å². The van der Waals surface area contributed by atoms with Crippen molar-refractivity contribution in [3.63, 3.8) is 0 Å². The Morgan fingerprint density at radius 3 is 2.79 bits per heavy atom. The van der Waals surface area contributed by atoms with E-state index in [4.69, 9.17) is 17.3 Å². The average Bonchev–Trinajstić information content (AvgIpc) is 2.93. The van der Waals surface area contributed by atoms with E-state index in [9.17, 15) is 0 Å². The highest BCUT2D eigenvalue weighted by Crippen LogP contribution is 2.24. The van der Waals surface area contributed by atoms with Crippen molar-refractivity contribution >= 4 is 22.6 Å². The maximum Gasteiger partial charge on any atom is 0.131 e. The first kappa shape index (κ1) is 12.2. The van der Waals surface area contributed by atoms with Crippen LogP contribution in [0.3, 0.4) is 0 Å². The van der Waals surface area contributed by atoms with Gasteiger partial charge in [-0.1, -0.05) is 11.6 Å². The van der Waals surface area contributed by atoms with E-state index in [1.54, 1.807) is 10.9 Å². The Morgan fingerprint density at radius 1 is 1.32 bits per heavy atom. The second-order valence-corrected chi connectivity index (χ2v) is 5.02. The van der Waals surface area contributed by atoms with Gasteiger partial charge in [-0.25, -0.2) is 4.98 Å². The molecule has 3 rings (SSSR count). The Hall–Kier alpha value is -1.85. The molecular formula is C13H14ClN5. The Morgan fingerprint density at radius 2 is 2.11 bits per heavy atom. The highest BCUT2D eigenvalue weighted by molar-refractivity contribution is 6.31. The van der Waals surface area contributed by atoms with Gasteiger partial charge in [0.05, 0.1) is 23.3 Å². The van der Waals surface area contributed by atoms with Crippen molar-refractivity contribution in [3.8, 4) is 0 Å². The van der Waals surface area contributed by atoms with Crippen LogP contribution in [-0.4, -0.2) is 19.3 Å². The number of aromatic nitrogens is 4. The molecule has 19 heavy (non-hydrogen) atoms. The zero-order valence-electron chi connectivity index (χ0n) is 10.7. The molecule has 0 aliphatic heterocycles. The van der Waals surface area contributed by atoms with Crippen LogP contribution in [0.5, 0.6) is 0 Å². The van der Waals surface area contributed by atoms with Crippen LogP contribution in [0, 0.1) is 0 Å². The predicted octanol–water partition coefficient (Wildman–Crippen LogP) is 2.01. The minimum Gasteiger partial charge on any atom is -0.330 e. The summed E-state index contributed by atoms with van der Waals surface area (Å²) in [7, 11) is 3.82. The lowest BCUT2D eigenvalue weighted by atomic mass is 10.1. The van der Waals surface area contributed by atoms with Crippen molar-refractivity contribution in [2.24, 2.45) is 19.8 Å². The van der Waals surface area contributed by atoms with E-state index in [0.29, 0.717) is 5.02 Å². The van der Waals surface area contributed by atoms with Gasteiger partial charge < -0.3 is 10.3 Å². The van der Waals surface area contributed by atoms with Crippen molar-refractivity contribution in [3.05, 3.63) is 47.0 Å². The Labute approximate surface area is 115 Å². The number of halogens is 1. The summed E-state index contributed by atoms with van der Waals surface area (Å²) in [6.45, 7) is 0. The number of hydrogen-bond donors (Lipinski definition) is 1. The molecule has 0 radical (unpaired) electrons. The fourth-order valence-corrected chi connectivity index (χ4v) is 2.39. The minimum atomic E-state index is -0.301. The van der Waals surface area contributed by atoms with Crippen LogP contribution in [0.4, 0.5) is 0 Å². The molecule has 0 spiro atoms. The van der Waals surface area contributed by atoms with Crippen molar-refractivity contribution in [2.45, 2.75) is 6.04 Å². The van der Waals surface area contributed by atoms with Gasteiger partial charge in [-0.3, -0.25) is 4.68 Å². The van der Waals surface area contributed by atoms with Gasteiger partial charge in [-0.2, -0.15) is 5.10 Å². The quantitative estimate of drug-likeness (QED) is 0.778. The number of aryl methyl sites for hydroxylation is 2. The molecule has 2 N–H and O–H groups in total. The standard InChI is InChI=1S/C13H14ClN5/c1-18-7-8(6-16-18)12(15)13-17-10-5-9(14)3-4-11(10)19(13)2/h3-7,12H,15H2,1-2H3. The highest BCUT2D eigenvalue weighted by Gasteiger charge is 2.18. The highest BCUT2D eigenvalue weighted by atomic mass is 35.5. The average molecular weight is 276 g/mol. The molecule has 1 atom stereocenters. The summed E-state index contributed by atoms with van der Waals surface area (Å²) in [5, 5.41) is 4.81. The summed E-state index contributed by atoms with van der Waals surface area (Å²) in [6.07, 6.45) is 3.66. The summed E-state index contributed by atoms with van der Waals surface area (Å²) in [6, 6.07) is 5.34. The fraction of sp³-hybridized carbons (Fsp3) is 0.231. The van der Waals surface area contributed by atoms with Gasteiger partial charge in [0.15, 0.2) is 0 Å². The Bertz CT molecular complexity index is 743. The second kappa shape index (κ2) is 4.36. The number of nitrogens with zero attached hydrogens (tertiary/aromatic N) is 4. The molecule has 1 unspecified atom stereocenters. The zero-order chi connectivity index (χ0) is 13.6. The van der Waals surface area contributed by atoms with Crippen molar-refractivity contribution in [1.29, 1.82) is 0 Å². The lowest BCUT2D eigenvalue weighted by Crippen LogP contribution is -2.16. The van der Waals surface area contributed by atoms with Crippen molar-refractivity contribution in [2.75, 3.05) is 0 Å². The predicted molar refractivity (Wildman–Crippen MR) is 75.0 cm³/mol. The zero-order valence-corrected chi connectivity index (χ0v) is 11.5. The maximum atomic E-state index is 6.26. The molecule has 0 amide bonds. The number of imidazole rings is 1. The summed E-state index contributed by atoms with van der Waals surface area (Å²) in [4.78, 5) is 4.58. The Kier molecular flexibility index (Phi) is 2.80. The first-order valence-electron chi connectivity index (χ1n) is 5.92. The molecule has 5 nitrogen and oxygen atoms in total. The summed E-state index contributed by atoms with van der Waals surface area (Å²) in [5.74, 6) is 0.797. The molecule has 0 aliphatic carbocycles. The largest absolute Gasteiger partial charge is 0.330 e. The van der Waals surface area contributed by atoms with E-state index < -0.39 is 0 Å². The van der Waals surface area contributed by atoms with E-state index in [2.05, 4.69) is 10.1 Å². The number of fused-ring (bicyclic) bond motifs is 1. The second-order valence-electron chi connectivity index (χ2n) is 4.59. The van der Waals surface area contributed by atoms with Crippen LogP contribution >= 0.6 is 11.6 Å². The fourth-order valence-electron chi connectivity index (χ4n) is 2.22. The van der Waals surface area contributed by atoms with Crippen LogP contribution in [0.2, 0.25) is 5.02 Å². The van der Waals surface area contributed by atoms with Gasteiger partial charge in [0.25, 0.3) is 0 Å². The normalized spacial score (nSPS) is 13.1. The van der Waals surface area contributed by atoms with Crippen LogP contribution in [0.25, 0.3) is 11.0 Å².